The summed E-state index contributed by atoms with van der Waals surface area (Å²) < 4.78 is 0. The molecule has 1 aliphatic heterocycles. The lowest BCUT2D eigenvalue weighted by Gasteiger charge is -2.21. The molecule has 2 unspecified atom stereocenters. The molecule has 1 saturated heterocycles. The van der Waals surface area contributed by atoms with E-state index in [1.165, 1.54) is 4.90 Å². The molecule has 0 aliphatic carbocycles. The van der Waals surface area contributed by atoms with Gasteiger partial charge in [-0.1, -0.05) is 30.7 Å². The molecule has 0 aromatic heterocycles. The quantitative estimate of drug-likeness (QED) is 0.848. The minimum Gasteiger partial charge on any atom is -0.301 e. The molecule has 0 spiro atoms. The van der Waals surface area contributed by atoms with Crippen molar-refractivity contribution in [1.29, 1.82) is 0 Å². The van der Waals surface area contributed by atoms with Crippen molar-refractivity contribution < 1.29 is 9.59 Å². The summed E-state index contributed by atoms with van der Waals surface area (Å²) in [6.45, 7) is 4.42. The predicted octanol–water partition coefficient (Wildman–Crippen LogP) is 2.36. The lowest BCUT2D eigenvalue weighted by atomic mass is 10.2. The van der Waals surface area contributed by atoms with Crippen LogP contribution in [0.25, 0.3) is 0 Å². The van der Waals surface area contributed by atoms with Gasteiger partial charge in [-0.15, -0.1) is 0 Å². The number of likely N-dealkylation sites (tertiary alicyclic amines) is 1. The summed E-state index contributed by atoms with van der Waals surface area (Å²) in [6, 6.07) is 6.99. The lowest BCUT2D eigenvalue weighted by Crippen LogP contribution is -2.42. The van der Waals surface area contributed by atoms with E-state index in [4.69, 9.17) is 11.6 Å². The first-order valence-electron chi connectivity index (χ1n) is 6.86. The van der Waals surface area contributed by atoms with Gasteiger partial charge in [-0.3, -0.25) is 14.5 Å². The smallest absolute Gasteiger partial charge is 0.247 e. The third-order valence-electron chi connectivity index (χ3n) is 3.68. The minimum absolute atomic E-state index is 0.0302. The number of nitrogens with zero attached hydrogens (tertiary/aromatic N) is 1. The van der Waals surface area contributed by atoms with Crippen molar-refractivity contribution in [2.24, 2.45) is 0 Å². The highest BCUT2D eigenvalue weighted by molar-refractivity contribution is 6.30. The average molecular weight is 295 g/mol. The van der Waals surface area contributed by atoms with Crippen LogP contribution in [0.3, 0.4) is 0 Å². The van der Waals surface area contributed by atoms with Gasteiger partial charge in [-0.25, -0.2) is 0 Å². The Morgan fingerprint density at radius 2 is 2.00 bits per heavy atom. The highest BCUT2D eigenvalue weighted by atomic mass is 35.5. The fourth-order valence-corrected chi connectivity index (χ4v) is 2.43. The summed E-state index contributed by atoms with van der Waals surface area (Å²) in [4.78, 5) is 25.5. The molecule has 4 nitrogen and oxygen atoms in total. The van der Waals surface area contributed by atoms with E-state index in [9.17, 15) is 9.59 Å². The van der Waals surface area contributed by atoms with Crippen LogP contribution in [-0.2, 0) is 16.1 Å². The molecule has 1 N–H and O–H groups in total. The Labute approximate surface area is 124 Å². The Balaban J connectivity index is 1.96. The van der Waals surface area contributed by atoms with Gasteiger partial charge in [0.2, 0.25) is 11.8 Å². The van der Waals surface area contributed by atoms with E-state index in [-0.39, 0.29) is 24.3 Å². The van der Waals surface area contributed by atoms with Crippen molar-refractivity contribution in [1.82, 2.24) is 10.2 Å². The summed E-state index contributed by atoms with van der Waals surface area (Å²) in [7, 11) is 0. The largest absolute Gasteiger partial charge is 0.301 e. The molecule has 108 valence electrons. The Morgan fingerprint density at radius 1 is 1.35 bits per heavy atom. The van der Waals surface area contributed by atoms with E-state index in [1.807, 2.05) is 38.1 Å². The lowest BCUT2D eigenvalue weighted by molar-refractivity contribution is -0.141. The molecule has 1 aromatic rings. The molecular weight excluding hydrogens is 276 g/mol. The second kappa shape index (κ2) is 6.37. The highest BCUT2D eigenvalue weighted by Crippen LogP contribution is 2.18. The molecule has 2 atom stereocenters. The zero-order chi connectivity index (χ0) is 14.7. The van der Waals surface area contributed by atoms with Gasteiger partial charge in [0.05, 0.1) is 12.5 Å². The number of carbonyl (C=O) groups is 2. The molecule has 1 aromatic carbocycles. The van der Waals surface area contributed by atoms with Gasteiger partial charge in [0.1, 0.15) is 0 Å². The van der Waals surface area contributed by atoms with E-state index in [0.717, 1.165) is 12.0 Å². The van der Waals surface area contributed by atoms with E-state index in [0.29, 0.717) is 11.6 Å². The monoisotopic (exact) mass is 294 g/mol. The van der Waals surface area contributed by atoms with Crippen LogP contribution in [0.15, 0.2) is 24.3 Å². The van der Waals surface area contributed by atoms with Crippen molar-refractivity contribution in [2.75, 3.05) is 0 Å². The van der Waals surface area contributed by atoms with Crippen LogP contribution in [0.4, 0.5) is 0 Å². The number of hydrogen-bond donors (Lipinski definition) is 1. The molecule has 2 rings (SSSR count). The summed E-state index contributed by atoms with van der Waals surface area (Å²) in [5.74, 6) is -0.198. The second-order valence-electron chi connectivity index (χ2n) is 5.12. The number of rotatable bonds is 5. The zero-order valence-corrected chi connectivity index (χ0v) is 12.5. The van der Waals surface area contributed by atoms with Crippen molar-refractivity contribution >= 4 is 23.4 Å². The number of imide groups is 1. The van der Waals surface area contributed by atoms with Crippen LogP contribution in [0.2, 0.25) is 5.02 Å². The molecule has 1 heterocycles. The van der Waals surface area contributed by atoms with Crippen molar-refractivity contribution in [3.8, 4) is 0 Å². The Morgan fingerprint density at radius 3 is 2.60 bits per heavy atom. The SMILES string of the molecule is CCC(C)N1C(=O)CC(NCc2ccc(Cl)cc2)C1=O. The average Bonchev–Trinajstić information content (AvgIpc) is 2.72. The van der Waals surface area contributed by atoms with E-state index in [1.54, 1.807) is 0 Å². The van der Waals surface area contributed by atoms with Gasteiger partial charge in [0.15, 0.2) is 0 Å². The Kier molecular flexibility index (Phi) is 4.78. The predicted molar refractivity (Wildman–Crippen MR) is 78.3 cm³/mol. The first-order valence-corrected chi connectivity index (χ1v) is 7.24. The first-order chi connectivity index (χ1) is 9.52. The minimum atomic E-state index is -0.410. The van der Waals surface area contributed by atoms with Crippen LogP contribution in [0, 0.1) is 0 Å². The second-order valence-corrected chi connectivity index (χ2v) is 5.56. The number of nitrogens with one attached hydrogen (secondary N) is 1. The number of halogens is 1. The summed E-state index contributed by atoms with van der Waals surface area (Å²) in [5.41, 5.74) is 1.04. The number of hydrogen-bond acceptors (Lipinski definition) is 3. The number of amides is 2. The third kappa shape index (κ3) is 3.19. The first kappa shape index (κ1) is 15.0. The maximum Gasteiger partial charge on any atom is 0.247 e. The molecule has 1 fully saturated rings. The van der Waals surface area contributed by atoms with Crippen molar-refractivity contribution in [3.05, 3.63) is 34.9 Å². The molecule has 5 heteroatoms. The van der Waals surface area contributed by atoms with Gasteiger partial charge in [0.25, 0.3) is 0 Å². The zero-order valence-electron chi connectivity index (χ0n) is 11.7. The van der Waals surface area contributed by atoms with Crippen LogP contribution in [0.5, 0.6) is 0 Å². The molecule has 0 radical (unpaired) electrons. The fourth-order valence-electron chi connectivity index (χ4n) is 2.30. The number of carbonyl (C=O) groups excluding carboxylic acids is 2. The maximum atomic E-state index is 12.2. The number of benzene rings is 1. The molecular formula is C15H19ClN2O2. The Hall–Kier alpha value is -1.39. The van der Waals surface area contributed by atoms with Gasteiger partial charge in [-0.2, -0.15) is 0 Å². The van der Waals surface area contributed by atoms with E-state index >= 15 is 0 Å². The summed E-state index contributed by atoms with van der Waals surface area (Å²) >= 11 is 5.83. The van der Waals surface area contributed by atoms with Crippen molar-refractivity contribution in [3.63, 3.8) is 0 Å². The molecule has 1 aliphatic rings. The maximum absolute atomic E-state index is 12.2. The summed E-state index contributed by atoms with van der Waals surface area (Å²) in [6.07, 6.45) is 1.03. The summed E-state index contributed by atoms with van der Waals surface area (Å²) in [5, 5.41) is 3.84. The third-order valence-corrected chi connectivity index (χ3v) is 3.93. The van der Waals surface area contributed by atoms with Crippen molar-refractivity contribution in [2.45, 2.75) is 45.3 Å². The standard InChI is InChI=1S/C15H19ClN2O2/c1-3-10(2)18-14(19)8-13(15(18)20)17-9-11-4-6-12(16)7-5-11/h4-7,10,13,17H,3,8-9H2,1-2H3. The van der Waals surface area contributed by atoms with Gasteiger partial charge < -0.3 is 5.32 Å². The van der Waals surface area contributed by atoms with Crippen LogP contribution in [-0.4, -0.2) is 28.8 Å². The normalized spacial score (nSPS) is 20.6. The molecule has 0 saturated carbocycles. The highest BCUT2D eigenvalue weighted by Gasteiger charge is 2.40. The van der Waals surface area contributed by atoms with Crippen LogP contribution >= 0.6 is 11.6 Å². The molecule has 0 bridgehead atoms. The molecule has 20 heavy (non-hydrogen) atoms. The van der Waals surface area contributed by atoms with Gasteiger partial charge >= 0.3 is 0 Å². The van der Waals surface area contributed by atoms with Gasteiger partial charge in [0, 0.05) is 17.6 Å². The van der Waals surface area contributed by atoms with E-state index < -0.39 is 6.04 Å². The fraction of sp³-hybridized carbons (Fsp3) is 0.467. The topological polar surface area (TPSA) is 49.4 Å². The Bertz CT molecular complexity index is 501. The van der Waals surface area contributed by atoms with E-state index in [2.05, 4.69) is 5.32 Å². The van der Waals surface area contributed by atoms with Crippen LogP contribution in [0.1, 0.15) is 32.3 Å². The molecule has 2 amide bonds. The van der Waals surface area contributed by atoms with Gasteiger partial charge in [-0.05, 0) is 31.0 Å². The van der Waals surface area contributed by atoms with Crippen LogP contribution < -0.4 is 5.32 Å².